The maximum absolute atomic E-state index is 12.9. The van der Waals surface area contributed by atoms with Crippen LogP contribution in [0.25, 0.3) is 0 Å². The highest BCUT2D eigenvalue weighted by molar-refractivity contribution is 5.95. The first-order valence-electron chi connectivity index (χ1n) is 6.70. The molecule has 0 radical (unpaired) electrons. The molecular weight excluding hydrogens is 287 g/mol. The molecule has 2 aromatic carbocycles. The number of benzene rings is 2. The highest BCUT2D eigenvalue weighted by Crippen LogP contribution is 2.20. The molecule has 6 heteroatoms. The predicted molar refractivity (Wildman–Crippen MR) is 80.1 cm³/mol. The molecule has 1 atom stereocenters. The Labute approximate surface area is 126 Å². The number of hydrogen-bond donors (Lipinski definition) is 1. The Bertz CT molecular complexity index is 714. The lowest BCUT2D eigenvalue weighted by Gasteiger charge is -2.14. The third kappa shape index (κ3) is 3.46. The average Bonchev–Trinajstić information content (AvgIpc) is 2.47. The fourth-order valence-corrected chi connectivity index (χ4v) is 2.12. The molecule has 22 heavy (non-hydrogen) atoms. The van der Waals surface area contributed by atoms with Crippen molar-refractivity contribution in [3.05, 3.63) is 75.1 Å². The van der Waals surface area contributed by atoms with E-state index in [-0.39, 0.29) is 23.5 Å². The summed E-state index contributed by atoms with van der Waals surface area (Å²) in [6.45, 7) is 3.36. The minimum absolute atomic E-state index is 0.0249. The van der Waals surface area contributed by atoms with E-state index in [1.165, 1.54) is 30.3 Å². The number of carbonyl (C=O) groups is 1. The molecule has 0 heterocycles. The topological polar surface area (TPSA) is 72.2 Å². The first kappa shape index (κ1) is 15.6. The molecule has 2 rings (SSSR count). The Morgan fingerprint density at radius 1 is 1.23 bits per heavy atom. The van der Waals surface area contributed by atoms with Crippen LogP contribution in [0.1, 0.15) is 34.5 Å². The van der Waals surface area contributed by atoms with Crippen LogP contribution in [0.2, 0.25) is 0 Å². The molecule has 0 unspecified atom stereocenters. The number of carbonyl (C=O) groups excluding carboxylic acids is 1. The fraction of sp³-hybridized carbons (Fsp3) is 0.188. The summed E-state index contributed by atoms with van der Waals surface area (Å²) in [5.41, 5.74) is 1.51. The van der Waals surface area contributed by atoms with Crippen LogP contribution in [-0.2, 0) is 0 Å². The molecule has 0 spiro atoms. The number of nitrogens with one attached hydrogen (secondary N) is 1. The molecule has 0 aliphatic heterocycles. The molecule has 0 aliphatic rings. The largest absolute Gasteiger partial charge is 0.346 e. The quantitative estimate of drug-likeness (QED) is 0.693. The number of nitrogens with zero attached hydrogens (tertiary/aromatic N) is 1. The van der Waals surface area contributed by atoms with Gasteiger partial charge in [-0.1, -0.05) is 12.1 Å². The number of rotatable bonds is 4. The van der Waals surface area contributed by atoms with Gasteiger partial charge in [0.25, 0.3) is 11.6 Å². The van der Waals surface area contributed by atoms with E-state index in [1.54, 1.807) is 26.0 Å². The molecule has 5 nitrogen and oxygen atoms in total. The highest BCUT2D eigenvalue weighted by atomic mass is 19.1. The van der Waals surface area contributed by atoms with Crippen molar-refractivity contribution in [1.29, 1.82) is 0 Å². The Kier molecular flexibility index (Phi) is 4.50. The summed E-state index contributed by atoms with van der Waals surface area (Å²) < 4.78 is 12.9. The van der Waals surface area contributed by atoms with Crippen LogP contribution in [0.3, 0.4) is 0 Å². The van der Waals surface area contributed by atoms with Gasteiger partial charge < -0.3 is 5.32 Å². The lowest BCUT2D eigenvalue weighted by molar-refractivity contribution is -0.385. The Morgan fingerprint density at radius 2 is 1.86 bits per heavy atom. The molecule has 0 bridgehead atoms. The van der Waals surface area contributed by atoms with E-state index in [1.807, 2.05) is 0 Å². The lowest BCUT2D eigenvalue weighted by Crippen LogP contribution is -2.26. The van der Waals surface area contributed by atoms with E-state index in [2.05, 4.69) is 5.32 Å². The standard InChI is InChI=1S/C16H15FN2O3/c1-10-9-13(5-8-15(10)19(21)22)16(20)18-11(2)12-3-6-14(17)7-4-12/h3-9,11H,1-2H3,(H,18,20)/t11-/m1/s1. The number of nitro benzene ring substituents is 1. The second-order valence-corrected chi connectivity index (χ2v) is 5.01. The van der Waals surface area contributed by atoms with Gasteiger partial charge in [-0.3, -0.25) is 14.9 Å². The number of nitro groups is 1. The molecule has 1 amide bonds. The molecular formula is C16H15FN2O3. The van der Waals surface area contributed by atoms with Crippen molar-refractivity contribution in [2.75, 3.05) is 0 Å². The maximum Gasteiger partial charge on any atom is 0.272 e. The van der Waals surface area contributed by atoms with Crippen molar-refractivity contribution in [2.24, 2.45) is 0 Å². The number of hydrogen-bond acceptors (Lipinski definition) is 3. The van der Waals surface area contributed by atoms with Crippen molar-refractivity contribution in [2.45, 2.75) is 19.9 Å². The van der Waals surface area contributed by atoms with Gasteiger partial charge in [-0.05, 0) is 43.7 Å². The third-order valence-electron chi connectivity index (χ3n) is 3.37. The SMILES string of the molecule is Cc1cc(C(=O)N[C@H](C)c2ccc(F)cc2)ccc1[N+](=O)[O-]. The minimum Gasteiger partial charge on any atom is -0.346 e. The number of amides is 1. The summed E-state index contributed by atoms with van der Waals surface area (Å²) in [6.07, 6.45) is 0. The predicted octanol–water partition coefficient (Wildman–Crippen LogP) is 3.53. The van der Waals surface area contributed by atoms with Crippen LogP contribution in [0.5, 0.6) is 0 Å². The average molecular weight is 302 g/mol. The van der Waals surface area contributed by atoms with Crippen LogP contribution in [0, 0.1) is 22.9 Å². The summed E-state index contributed by atoms with van der Waals surface area (Å²) in [4.78, 5) is 22.5. The van der Waals surface area contributed by atoms with Gasteiger partial charge in [0.15, 0.2) is 0 Å². The van der Waals surface area contributed by atoms with Crippen LogP contribution in [0.15, 0.2) is 42.5 Å². The molecule has 0 saturated carbocycles. The van der Waals surface area contributed by atoms with Crippen LogP contribution in [0.4, 0.5) is 10.1 Å². The summed E-state index contributed by atoms with van der Waals surface area (Å²) in [6, 6.07) is 9.75. The third-order valence-corrected chi connectivity index (χ3v) is 3.37. The van der Waals surface area contributed by atoms with Crippen molar-refractivity contribution in [3.8, 4) is 0 Å². The summed E-state index contributed by atoms with van der Waals surface area (Å²) in [5.74, 6) is -0.678. The molecule has 2 aromatic rings. The van der Waals surface area contributed by atoms with Gasteiger partial charge in [0.2, 0.25) is 0 Å². The molecule has 0 saturated heterocycles. The molecule has 0 aromatic heterocycles. The summed E-state index contributed by atoms with van der Waals surface area (Å²) in [7, 11) is 0. The highest BCUT2D eigenvalue weighted by Gasteiger charge is 2.15. The lowest BCUT2D eigenvalue weighted by atomic mass is 10.1. The molecule has 1 N–H and O–H groups in total. The smallest absolute Gasteiger partial charge is 0.272 e. The van der Waals surface area contributed by atoms with Crippen molar-refractivity contribution in [3.63, 3.8) is 0 Å². The van der Waals surface area contributed by atoms with E-state index >= 15 is 0 Å². The van der Waals surface area contributed by atoms with Crippen molar-refractivity contribution in [1.82, 2.24) is 5.32 Å². The zero-order valence-corrected chi connectivity index (χ0v) is 12.2. The minimum atomic E-state index is -0.488. The van der Waals surface area contributed by atoms with Gasteiger partial charge >= 0.3 is 0 Å². The Morgan fingerprint density at radius 3 is 2.41 bits per heavy atom. The monoisotopic (exact) mass is 302 g/mol. The molecule has 0 aliphatic carbocycles. The van der Waals surface area contributed by atoms with E-state index in [4.69, 9.17) is 0 Å². The normalized spacial score (nSPS) is 11.8. The van der Waals surface area contributed by atoms with E-state index in [9.17, 15) is 19.3 Å². The fourth-order valence-electron chi connectivity index (χ4n) is 2.12. The summed E-state index contributed by atoms with van der Waals surface area (Å²) in [5, 5.41) is 13.5. The molecule has 114 valence electrons. The Balaban J connectivity index is 2.13. The van der Waals surface area contributed by atoms with Crippen LogP contribution < -0.4 is 5.32 Å². The number of halogens is 1. The van der Waals surface area contributed by atoms with Gasteiger partial charge in [0.05, 0.1) is 11.0 Å². The first-order chi connectivity index (χ1) is 10.4. The van der Waals surface area contributed by atoms with Gasteiger partial charge in [-0.15, -0.1) is 0 Å². The second kappa shape index (κ2) is 6.34. The van der Waals surface area contributed by atoms with Gasteiger partial charge in [0.1, 0.15) is 5.82 Å². The van der Waals surface area contributed by atoms with Gasteiger partial charge in [0, 0.05) is 17.2 Å². The van der Waals surface area contributed by atoms with Crippen LogP contribution in [-0.4, -0.2) is 10.8 Å². The van der Waals surface area contributed by atoms with Gasteiger partial charge in [-0.2, -0.15) is 0 Å². The van der Waals surface area contributed by atoms with Crippen LogP contribution >= 0.6 is 0 Å². The van der Waals surface area contributed by atoms with Crippen molar-refractivity contribution >= 4 is 11.6 Å². The van der Waals surface area contributed by atoms with Gasteiger partial charge in [-0.25, -0.2) is 4.39 Å². The Hall–Kier alpha value is -2.76. The van der Waals surface area contributed by atoms with E-state index in [0.717, 1.165) is 5.56 Å². The number of aryl methyl sites for hydroxylation is 1. The van der Waals surface area contributed by atoms with E-state index < -0.39 is 4.92 Å². The maximum atomic E-state index is 12.9. The van der Waals surface area contributed by atoms with Crippen molar-refractivity contribution < 1.29 is 14.1 Å². The second-order valence-electron chi connectivity index (χ2n) is 5.01. The zero-order chi connectivity index (χ0) is 16.3. The zero-order valence-electron chi connectivity index (χ0n) is 12.2. The molecule has 0 fully saturated rings. The summed E-state index contributed by atoms with van der Waals surface area (Å²) >= 11 is 0. The first-order valence-corrected chi connectivity index (χ1v) is 6.70. The van der Waals surface area contributed by atoms with E-state index in [0.29, 0.717) is 11.1 Å².